The third-order valence-corrected chi connectivity index (χ3v) is 3.19. The number of nitrogens with zero attached hydrogens (tertiary/aromatic N) is 4. The summed E-state index contributed by atoms with van der Waals surface area (Å²) in [5.41, 5.74) is 2.17. The van der Waals surface area contributed by atoms with Crippen molar-refractivity contribution >= 4 is 0 Å². The molecule has 0 aliphatic heterocycles. The van der Waals surface area contributed by atoms with Gasteiger partial charge in [0.05, 0.1) is 18.2 Å². The summed E-state index contributed by atoms with van der Waals surface area (Å²) in [6.45, 7) is 1.02. The molecule has 0 N–H and O–H groups in total. The highest BCUT2D eigenvalue weighted by molar-refractivity contribution is 5.23. The molecule has 0 bridgehead atoms. The molecule has 4 heteroatoms. The van der Waals surface area contributed by atoms with Crippen molar-refractivity contribution in [2.45, 2.75) is 44.6 Å². The van der Waals surface area contributed by atoms with Gasteiger partial charge in [-0.1, -0.05) is 5.21 Å². The second-order valence-corrected chi connectivity index (χ2v) is 4.66. The lowest BCUT2D eigenvalue weighted by molar-refractivity contribution is 0.524. The Morgan fingerprint density at radius 1 is 1.33 bits per heavy atom. The molecule has 15 heavy (non-hydrogen) atoms. The highest BCUT2D eigenvalue weighted by Crippen LogP contribution is 2.42. The van der Waals surface area contributed by atoms with E-state index in [0.29, 0.717) is 12.3 Å². The largest absolute Gasteiger partial charge is 0.249 e. The fraction of sp³-hybridized carbons (Fsp3) is 0.727. The van der Waals surface area contributed by atoms with Crippen LogP contribution in [-0.2, 0) is 13.0 Å². The molecule has 0 spiro atoms. The summed E-state index contributed by atoms with van der Waals surface area (Å²) < 4.78 is 2.06. The molecule has 1 heterocycles. The van der Waals surface area contributed by atoms with Crippen LogP contribution in [0.25, 0.3) is 0 Å². The molecule has 2 aliphatic rings. The minimum Gasteiger partial charge on any atom is -0.249 e. The third-order valence-electron chi connectivity index (χ3n) is 3.19. The molecular weight excluding hydrogens is 188 g/mol. The van der Waals surface area contributed by atoms with E-state index in [1.54, 1.807) is 0 Å². The first-order chi connectivity index (χ1) is 7.38. The van der Waals surface area contributed by atoms with Gasteiger partial charge < -0.3 is 0 Å². The van der Waals surface area contributed by atoms with Crippen molar-refractivity contribution in [3.8, 4) is 6.07 Å². The van der Waals surface area contributed by atoms with E-state index >= 15 is 0 Å². The zero-order valence-electron chi connectivity index (χ0n) is 8.69. The predicted octanol–water partition coefficient (Wildman–Crippen LogP) is 1.63. The maximum Gasteiger partial charge on any atom is 0.100 e. The van der Waals surface area contributed by atoms with E-state index in [9.17, 15) is 0 Å². The van der Waals surface area contributed by atoms with Crippen molar-refractivity contribution in [2.24, 2.45) is 5.92 Å². The van der Waals surface area contributed by atoms with Crippen molar-refractivity contribution in [1.82, 2.24) is 15.0 Å². The molecule has 1 aromatic heterocycles. The van der Waals surface area contributed by atoms with Crippen LogP contribution >= 0.6 is 0 Å². The molecule has 0 saturated heterocycles. The summed E-state index contributed by atoms with van der Waals surface area (Å²) in [7, 11) is 0. The second-order valence-electron chi connectivity index (χ2n) is 4.66. The Hall–Kier alpha value is -1.37. The molecule has 0 radical (unpaired) electrons. The summed E-state index contributed by atoms with van der Waals surface area (Å²) in [5.74, 6) is 1.46. The molecule has 2 aliphatic carbocycles. The van der Waals surface area contributed by atoms with E-state index in [1.165, 1.54) is 31.4 Å². The first-order valence-electron chi connectivity index (χ1n) is 5.67. The Labute approximate surface area is 88.9 Å². The molecule has 3 rings (SSSR count). The molecule has 0 amide bonds. The van der Waals surface area contributed by atoms with Gasteiger partial charge in [-0.25, -0.2) is 4.68 Å². The monoisotopic (exact) mass is 202 g/mol. The summed E-state index contributed by atoms with van der Waals surface area (Å²) >= 11 is 0. The first kappa shape index (κ1) is 8.90. The lowest BCUT2D eigenvalue weighted by atomic mass is 10.2. The van der Waals surface area contributed by atoms with E-state index in [0.717, 1.165) is 18.2 Å². The molecular formula is C11H14N4. The van der Waals surface area contributed by atoms with Gasteiger partial charge in [0.25, 0.3) is 0 Å². The van der Waals surface area contributed by atoms with Crippen molar-refractivity contribution < 1.29 is 0 Å². The second kappa shape index (κ2) is 3.34. The number of aromatic nitrogens is 3. The lowest BCUT2D eigenvalue weighted by Gasteiger charge is -2.04. The zero-order chi connectivity index (χ0) is 10.3. The smallest absolute Gasteiger partial charge is 0.100 e. The minimum atomic E-state index is 0.413. The van der Waals surface area contributed by atoms with E-state index < -0.39 is 0 Å². The molecule has 0 atom stereocenters. The van der Waals surface area contributed by atoms with Gasteiger partial charge in [0.1, 0.15) is 5.69 Å². The Kier molecular flexibility index (Phi) is 1.98. The van der Waals surface area contributed by atoms with Gasteiger partial charge in [-0.15, -0.1) is 5.10 Å². The van der Waals surface area contributed by atoms with Crippen LogP contribution < -0.4 is 0 Å². The van der Waals surface area contributed by atoms with Crippen molar-refractivity contribution in [2.75, 3.05) is 0 Å². The Morgan fingerprint density at radius 2 is 2.13 bits per heavy atom. The van der Waals surface area contributed by atoms with E-state index in [4.69, 9.17) is 5.26 Å². The SMILES string of the molecule is N#CCc1nnn(CC2CC2)c1C1CC1. The van der Waals surface area contributed by atoms with Crippen LogP contribution in [0.15, 0.2) is 0 Å². The van der Waals surface area contributed by atoms with E-state index in [2.05, 4.69) is 21.1 Å². The fourth-order valence-corrected chi connectivity index (χ4v) is 2.04. The Balaban J connectivity index is 1.87. The van der Waals surface area contributed by atoms with E-state index in [-0.39, 0.29) is 0 Å². The van der Waals surface area contributed by atoms with Gasteiger partial charge >= 0.3 is 0 Å². The molecule has 0 aromatic carbocycles. The summed E-state index contributed by atoms with van der Waals surface area (Å²) in [6.07, 6.45) is 5.57. The van der Waals surface area contributed by atoms with Crippen LogP contribution in [-0.4, -0.2) is 15.0 Å². The van der Waals surface area contributed by atoms with Crippen LogP contribution in [0.1, 0.15) is 43.0 Å². The maximum atomic E-state index is 8.72. The number of hydrogen-bond acceptors (Lipinski definition) is 3. The standard InChI is InChI=1S/C11H14N4/c12-6-5-10-11(9-3-4-9)15(14-13-10)7-8-1-2-8/h8-9H,1-5,7H2. The van der Waals surface area contributed by atoms with E-state index in [1.807, 2.05) is 0 Å². The average molecular weight is 202 g/mol. The van der Waals surface area contributed by atoms with Gasteiger partial charge in [-0.3, -0.25) is 0 Å². The summed E-state index contributed by atoms with van der Waals surface area (Å²) in [6, 6.07) is 2.17. The number of rotatable bonds is 4. The number of hydrogen-bond donors (Lipinski definition) is 0. The molecule has 2 saturated carbocycles. The molecule has 78 valence electrons. The number of nitriles is 1. The van der Waals surface area contributed by atoms with Crippen LogP contribution in [0.4, 0.5) is 0 Å². The lowest BCUT2D eigenvalue weighted by Crippen LogP contribution is -2.06. The predicted molar refractivity (Wildman–Crippen MR) is 54.0 cm³/mol. The highest BCUT2D eigenvalue weighted by Gasteiger charge is 2.33. The quantitative estimate of drug-likeness (QED) is 0.745. The van der Waals surface area contributed by atoms with Gasteiger partial charge in [-0.05, 0) is 31.6 Å². The van der Waals surface area contributed by atoms with Crippen LogP contribution in [0.3, 0.4) is 0 Å². The van der Waals surface area contributed by atoms with Gasteiger partial charge in [-0.2, -0.15) is 5.26 Å². The van der Waals surface area contributed by atoms with Crippen LogP contribution in [0.2, 0.25) is 0 Å². The summed E-state index contributed by atoms with van der Waals surface area (Å²) in [5, 5.41) is 17.1. The van der Waals surface area contributed by atoms with Crippen molar-refractivity contribution in [3.63, 3.8) is 0 Å². The Morgan fingerprint density at radius 3 is 2.73 bits per heavy atom. The normalized spacial score (nSPS) is 20.2. The van der Waals surface area contributed by atoms with Gasteiger partial charge in [0.2, 0.25) is 0 Å². The van der Waals surface area contributed by atoms with Crippen LogP contribution in [0.5, 0.6) is 0 Å². The fourth-order valence-electron chi connectivity index (χ4n) is 2.04. The molecule has 1 aromatic rings. The minimum absolute atomic E-state index is 0.413. The highest BCUT2D eigenvalue weighted by atomic mass is 15.4. The van der Waals surface area contributed by atoms with Crippen molar-refractivity contribution in [3.05, 3.63) is 11.4 Å². The third kappa shape index (κ3) is 1.74. The Bertz CT molecular complexity index is 407. The molecule has 4 nitrogen and oxygen atoms in total. The zero-order valence-corrected chi connectivity index (χ0v) is 8.69. The topological polar surface area (TPSA) is 54.5 Å². The molecule has 2 fully saturated rings. The van der Waals surface area contributed by atoms with Crippen molar-refractivity contribution in [1.29, 1.82) is 5.26 Å². The van der Waals surface area contributed by atoms with Crippen LogP contribution in [0, 0.1) is 17.2 Å². The average Bonchev–Trinajstić information content (AvgIpc) is 3.09. The molecule has 0 unspecified atom stereocenters. The first-order valence-corrected chi connectivity index (χ1v) is 5.67. The van der Waals surface area contributed by atoms with Gasteiger partial charge in [0.15, 0.2) is 0 Å². The summed E-state index contributed by atoms with van der Waals surface area (Å²) in [4.78, 5) is 0. The van der Waals surface area contributed by atoms with Gasteiger partial charge in [0, 0.05) is 12.5 Å². The maximum absolute atomic E-state index is 8.72.